The van der Waals surface area contributed by atoms with Crippen LogP contribution in [0, 0.1) is 0 Å². The first-order valence-electron chi connectivity index (χ1n) is 2.96. The van der Waals surface area contributed by atoms with Crippen molar-refractivity contribution in [3.63, 3.8) is 0 Å². The molecule has 1 heterocycles. The molecule has 0 atom stereocenters. The number of hydrogen-bond acceptors (Lipinski definition) is 2. The molecule has 1 saturated heterocycles. The first-order valence-corrected chi connectivity index (χ1v) is 2.96. The Hall–Kier alpha value is -1.20. The number of amides is 3. The number of alkyl halides is 2. The minimum Gasteiger partial charge on any atom is -0.309 e. The zero-order valence-electron chi connectivity index (χ0n) is 5.51. The Morgan fingerprint density at radius 3 is 2.55 bits per heavy atom. The van der Waals surface area contributed by atoms with Crippen LogP contribution in [-0.2, 0) is 4.79 Å². The van der Waals surface area contributed by atoms with Gasteiger partial charge in [0.1, 0.15) is 6.54 Å². The number of nitrogens with zero attached hydrogens (tertiary/aromatic N) is 1. The summed E-state index contributed by atoms with van der Waals surface area (Å²) in [5.74, 6) is -0.532. The van der Waals surface area contributed by atoms with Gasteiger partial charge in [-0.2, -0.15) is 0 Å². The molecule has 62 valence electrons. The van der Waals surface area contributed by atoms with Crippen molar-refractivity contribution in [2.75, 3.05) is 13.1 Å². The van der Waals surface area contributed by atoms with E-state index in [2.05, 4.69) is 0 Å². The fraction of sp³-hybridized carbons (Fsp3) is 0.600. The predicted molar refractivity (Wildman–Crippen MR) is 31.1 cm³/mol. The monoisotopic (exact) mass is 164 g/mol. The fourth-order valence-electron chi connectivity index (χ4n) is 0.797. The Morgan fingerprint density at radius 1 is 1.55 bits per heavy atom. The second kappa shape index (κ2) is 2.81. The molecular formula is C5H6F2N2O2. The lowest BCUT2D eigenvalue weighted by Crippen LogP contribution is -2.32. The molecule has 0 aromatic heterocycles. The Morgan fingerprint density at radius 2 is 2.18 bits per heavy atom. The topological polar surface area (TPSA) is 49.4 Å². The highest BCUT2D eigenvalue weighted by Gasteiger charge is 2.28. The van der Waals surface area contributed by atoms with Gasteiger partial charge in [-0.05, 0) is 0 Å². The maximum Gasteiger partial charge on any atom is 0.324 e. The summed E-state index contributed by atoms with van der Waals surface area (Å²) in [5.41, 5.74) is 0. The maximum atomic E-state index is 11.7. The van der Waals surface area contributed by atoms with Gasteiger partial charge in [0.2, 0.25) is 5.91 Å². The van der Waals surface area contributed by atoms with E-state index in [4.69, 9.17) is 0 Å². The SMILES string of the molecule is O=C1CN(CC(F)F)C(=O)N1. The molecule has 11 heavy (non-hydrogen) atoms. The van der Waals surface area contributed by atoms with Crippen LogP contribution in [0.2, 0.25) is 0 Å². The lowest BCUT2D eigenvalue weighted by atomic mass is 10.5. The van der Waals surface area contributed by atoms with Crippen LogP contribution in [-0.4, -0.2) is 36.4 Å². The van der Waals surface area contributed by atoms with Crippen LogP contribution in [0.15, 0.2) is 0 Å². The largest absolute Gasteiger partial charge is 0.324 e. The Balaban J connectivity index is 2.47. The summed E-state index contributed by atoms with van der Waals surface area (Å²) in [6.45, 7) is -0.944. The summed E-state index contributed by atoms with van der Waals surface area (Å²) in [6.07, 6.45) is -2.59. The predicted octanol–water partition coefficient (Wildman–Crippen LogP) is -0.197. The number of nitrogens with one attached hydrogen (secondary N) is 1. The number of rotatable bonds is 2. The third kappa shape index (κ3) is 1.86. The molecule has 0 bridgehead atoms. The van der Waals surface area contributed by atoms with Crippen LogP contribution < -0.4 is 5.32 Å². The second-order valence-electron chi connectivity index (χ2n) is 2.12. The molecule has 0 radical (unpaired) electrons. The van der Waals surface area contributed by atoms with Gasteiger partial charge >= 0.3 is 6.03 Å². The van der Waals surface area contributed by atoms with Gasteiger partial charge in [0, 0.05) is 0 Å². The lowest BCUT2D eigenvalue weighted by molar-refractivity contribution is -0.118. The van der Waals surface area contributed by atoms with E-state index in [1.54, 1.807) is 0 Å². The van der Waals surface area contributed by atoms with E-state index < -0.39 is 24.9 Å². The van der Waals surface area contributed by atoms with E-state index in [-0.39, 0.29) is 6.54 Å². The number of halogens is 2. The van der Waals surface area contributed by atoms with Crippen LogP contribution in [0.25, 0.3) is 0 Å². The third-order valence-electron chi connectivity index (χ3n) is 1.23. The number of urea groups is 1. The van der Waals surface area contributed by atoms with Gasteiger partial charge in [0.15, 0.2) is 0 Å². The standard InChI is InChI=1S/C5H6F2N2O2/c6-3(7)1-9-2-4(10)8-5(9)11/h3H,1-2H2,(H,8,10,11). The summed E-state index contributed by atoms with van der Waals surface area (Å²) in [7, 11) is 0. The van der Waals surface area contributed by atoms with Crippen LogP contribution in [0.4, 0.5) is 13.6 Å². The van der Waals surface area contributed by atoms with Gasteiger partial charge in [0.05, 0.1) is 6.54 Å². The van der Waals surface area contributed by atoms with Crippen LogP contribution in [0.1, 0.15) is 0 Å². The molecular weight excluding hydrogens is 158 g/mol. The van der Waals surface area contributed by atoms with Gasteiger partial charge in [-0.25, -0.2) is 13.6 Å². The molecule has 1 rings (SSSR count). The number of hydrogen-bond donors (Lipinski definition) is 1. The average molecular weight is 164 g/mol. The van der Waals surface area contributed by atoms with Crippen molar-refractivity contribution in [2.24, 2.45) is 0 Å². The first-order chi connectivity index (χ1) is 5.09. The van der Waals surface area contributed by atoms with E-state index in [9.17, 15) is 18.4 Å². The van der Waals surface area contributed by atoms with Crippen molar-refractivity contribution >= 4 is 11.9 Å². The summed E-state index contributed by atoms with van der Waals surface area (Å²) >= 11 is 0. The molecule has 0 aromatic rings. The van der Waals surface area contributed by atoms with Gasteiger partial charge in [-0.3, -0.25) is 10.1 Å². The van der Waals surface area contributed by atoms with Crippen molar-refractivity contribution in [1.29, 1.82) is 0 Å². The van der Waals surface area contributed by atoms with Crippen LogP contribution >= 0.6 is 0 Å². The highest BCUT2D eigenvalue weighted by molar-refractivity contribution is 6.01. The number of carbonyl (C=O) groups excluding carboxylic acids is 2. The smallest absolute Gasteiger partial charge is 0.309 e. The van der Waals surface area contributed by atoms with Gasteiger partial charge in [-0.1, -0.05) is 0 Å². The molecule has 1 aliphatic rings. The lowest BCUT2D eigenvalue weighted by Gasteiger charge is -2.10. The molecule has 1 aliphatic heterocycles. The quantitative estimate of drug-likeness (QED) is 0.575. The number of imide groups is 1. The number of carbonyl (C=O) groups is 2. The van der Waals surface area contributed by atoms with Crippen molar-refractivity contribution in [3.05, 3.63) is 0 Å². The van der Waals surface area contributed by atoms with Gasteiger partial charge in [-0.15, -0.1) is 0 Å². The molecule has 0 unspecified atom stereocenters. The van der Waals surface area contributed by atoms with Gasteiger partial charge < -0.3 is 4.90 Å². The second-order valence-corrected chi connectivity index (χ2v) is 2.12. The summed E-state index contributed by atoms with van der Waals surface area (Å²) < 4.78 is 23.3. The van der Waals surface area contributed by atoms with E-state index in [1.807, 2.05) is 5.32 Å². The molecule has 6 heteroatoms. The molecule has 0 saturated carbocycles. The zero-order chi connectivity index (χ0) is 8.43. The average Bonchev–Trinajstić information content (AvgIpc) is 2.09. The molecule has 1 fully saturated rings. The third-order valence-corrected chi connectivity index (χ3v) is 1.23. The minimum absolute atomic E-state index is 0.261. The molecule has 0 aliphatic carbocycles. The summed E-state index contributed by atoms with van der Waals surface area (Å²) in [6, 6.07) is -0.740. The normalized spacial score (nSPS) is 17.9. The molecule has 0 aromatic carbocycles. The van der Waals surface area contributed by atoms with E-state index in [0.717, 1.165) is 4.90 Å². The van der Waals surface area contributed by atoms with E-state index in [1.165, 1.54) is 0 Å². The minimum atomic E-state index is -2.59. The van der Waals surface area contributed by atoms with Crippen molar-refractivity contribution in [2.45, 2.75) is 6.43 Å². The molecule has 4 nitrogen and oxygen atoms in total. The maximum absolute atomic E-state index is 11.7. The Labute approximate surface area is 61.2 Å². The highest BCUT2D eigenvalue weighted by atomic mass is 19.3. The molecule has 1 N–H and O–H groups in total. The fourth-order valence-corrected chi connectivity index (χ4v) is 0.797. The zero-order valence-corrected chi connectivity index (χ0v) is 5.51. The summed E-state index contributed by atoms with van der Waals surface area (Å²) in [4.78, 5) is 21.8. The van der Waals surface area contributed by atoms with Gasteiger partial charge in [0.25, 0.3) is 6.43 Å². The van der Waals surface area contributed by atoms with Crippen molar-refractivity contribution in [3.8, 4) is 0 Å². The van der Waals surface area contributed by atoms with E-state index >= 15 is 0 Å². The Kier molecular flexibility index (Phi) is 2.02. The first kappa shape index (κ1) is 7.90. The summed E-state index contributed by atoms with van der Waals surface area (Å²) in [5, 5.41) is 1.89. The van der Waals surface area contributed by atoms with Crippen molar-refractivity contribution in [1.82, 2.24) is 10.2 Å². The molecule has 3 amide bonds. The van der Waals surface area contributed by atoms with Crippen molar-refractivity contribution < 1.29 is 18.4 Å². The van der Waals surface area contributed by atoms with Crippen LogP contribution in [0.3, 0.4) is 0 Å². The van der Waals surface area contributed by atoms with E-state index in [0.29, 0.717) is 0 Å². The highest BCUT2D eigenvalue weighted by Crippen LogP contribution is 2.02. The Bertz CT molecular complexity index is 195. The molecule has 0 spiro atoms. The van der Waals surface area contributed by atoms with Crippen LogP contribution in [0.5, 0.6) is 0 Å².